The van der Waals surface area contributed by atoms with Crippen LogP contribution in [0.25, 0.3) is 11.0 Å². The van der Waals surface area contributed by atoms with Crippen LogP contribution in [-0.2, 0) is 11.3 Å². The zero-order chi connectivity index (χ0) is 11.4. The van der Waals surface area contributed by atoms with E-state index in [0.29, 0.717) is 19.8 Å². The molecule has 0 spiro atoms. The monoisotopic (exact) mass is 221 g/mol. The molecule has 0 aliphatic heterocycles. The van der Waals surface area contributed by atoms with Crippen molar-refractivity contribution in [3.63, 3.8) is 0 Å². The van der Waals surface area contributed by atoms with Crippen LogP contribution in [0.2, 0.25) is 0 Å². The number of methoxy groups -OCH3 is 1. The van der Waals surface area contributed by atoms with Crippen LogP contribution in [0.3, 0.4) is 0 Å². The van der Waals surface area contributed by atoms with Gasteiger partial charge in [0, 0.05) is 7.11 Å². The van der Waals surface area contributed by atoms with Gasteiger partial charge in [-0.2, -0.15) is 0 Å². The fourth-order valence-electron chi connectivity index (χ4n) is 1.50. The highest BCUT2D eigenvalue weighted by atomic mass is 16.5. The first-order valence-corrected chi connectivity index (χ1v) is 5.14. The lowest BCUT2D eigenvalue weighted by Gasteiger charge is -2.05. The van der Waals surface area contributed by atoms with E-state index >= 15 is 0 Å². The molecule has 0 radical (unpaired) electrons. The summed E-state index contributed by atoms with van der Waals surface area (Å²) in [6, 6.07) is 5.76. The van der Waals surface area contributed by atoms with Gasteiger partial charge in [-0.05, 0) is 12.1 Å². The van der Waals surface area contributed by atoms with Gasteiger partial charge in [0.25, 0.3) is 0 Å². The first-order valence-electron chi connectivity index (χ1n) is 5.14. The van der Waals surface area contributed by atoms with Crippen molar-refractivity contribution in [2.45, 2.75) is 6.54 Å². The molecule has 86 valence electrons. The zero-order valence-corrected chi connectivity index (χ0v) is 9.19. The van der Waals surface area contributed by atoms with Gasteiger partial charge in [0.05, 0.1) is 18.7 Å². The third kappa shape index (κ3) is 2.15. The van der Waals surface area contributed by atoms with Crippen LogP contribution in [0.4, 0.5) is 0 Å². The van der Waals surface area contributed by atoms with Crippen LogP contribution in [-0.4, -0.2) is 30.3 Å². The average molecular weight is 221 g/mol. The van der Waals surface area contributed by atoms with Gasteiger partial charge < -0.3 is 20.2 Å². The summed E-state index contributed by atoms with van der Waals surface area (Å²) in [4.78, 5) is 7.49. The molecule has 1 heterocycles. The van der Waals surface area contributed by atoms with Crippen molar-refractivity contribution in [3.05, 3.63) is 24.0 Å². The Hall–Kier alpha value is -1.59. The number of H-pyrrole nitrogens is 1. The van der Waals surface area contributed by atoms with Crippen LogP contribution in [0.1, 0.15) is 5.82 Å². The minimum Gasteiger partial charge on any atom is -0.489 e. The second-order valence-corrected chi connectivity index (χ2v) is 3.38. The number of rotatable bonds is 5. The Morgan fingerprint density at radius 2 is 2.25 bits per heavy atom. The molecule has 3 N–H and O–H groups in total. The van der Waals surface area contributed by atoms with Gasteiger partial charge in [-0.3, -0.25) is 0 Å². The number of ether oxygens (including phenoxy) is 2. The third-order valence-corrected chi connectivity index (χ3v) is 2.26. The molecule has 1 aromatic heterocycles. The molecule has 5 nitrogen and oxygen atoms in total. The van der Waals surface area contributed by atoms with E-state index in [1.54, 1.807) is 7.11 Å². The summed E-state index contributed by atoms with van der Waals surface area (Å²) in [6.45, 7) is 1.47. The van der Waals surface area contributed by atoms with E-state index < -0.39 is 0 Å². The number of nitrogens with one attached hydrogen (secondary N) is 1. The molecular formula is C11H15N3O2. The Balaban J connectivity index is 2.26. The molecule has 0 saturated carbocycles. The molecule has 0 saturated heterocycles. The van der Waals surface area contributed by atoms with Gasteiger partial charge in [0.15, 0.2) is 0 Å². The summed E-state index contributed by atoms with van der Waals surface area (Å²) >= 11 is 0. The molecule has 0 unspecified atom stereocenters. The Labute approximate surface area is 93.6 Å². The van der Waals surface area contributed by atoms with Crippen molar-refractivity contribution in [2.24, 2.45) is 5.73 Å². The normalized spacial score (nSPS) is 10.9. The Morgan fingerprint density at radius 1 is 1.38 bits per heavy atom. The van der Waals surface area contributed by atoms with Crippen molar-refractivity contribution in [1.29, 1.82) is 0 Å². The predicted molar refractivity (Wildman–Crippen MR) is 61.4 cm³/mol. The number of para-hydroxylation sites is 1. The maximum Gasteiger partial charge on any atom is 0.147 e. The van der Waals surface area contributed by atoms with E-state index in [9.17, 15) is 0 Å². The third-order valence-electron chi connectivity index (χ3n) is 2.26. The van der Waals surface area contributed by atoms with E-state index in [2.05, 4.69) is 9.97 Å². The quantitative estimate of drug-likeness (QED) is 0.740. The van der Waals surface area contributed by atoms with E-state index in [1.807, 2.05) is 18.2 Å². The van der Waals surface area contributed by atoms with Gasteiger partial charge in [0.1, 0.15) is 23.7 Å². The molecule has 2 rings (SSSR count). The predicted octanol–water partition coefficient (Wildman–Crippen LogP) is 1.05. The number of fused-ring (bicyclic) bond motifs is 1. The van der Waals surface area contributed by atoms with Crippen LogP contribution in [0.15, 0.2) is 18.2 Å². The molecule has 1 aromatic carbocycles. The lowest BCUT2D eigenvalue weighted by atomic mass is 10.3. The standard InChI is InChI=1S/C11H15N3O2/c1-15-5-6-16-9-4-2-3-8-11(9)14-10(7-12)13-8/h2-4H,5-7,12H2,1H3,(H,13,14). The molecule has 5 heteroatoms. The number of imidazole rings is 1. The van der Waals surface area contributed by atoms with Gasteiger partial charge in [-0.15, -0.1) is 0 Å². The van der Waals surface area contributed by atoms with E-state index in [0.717, 1.165) is 22.6 Å². The fourth-order valence-corrected chi connectivity index (χ4v) is 1.50. The number of nitrogens with two attached hydrogens (primary N) is 1. The number of hydrogen-bond acceptors (Lipinski definition) is 4. The van der Waals surface area contributed by atoms with Crippen molar-refractivity contribution < 1.29 is 9.47 Å². The first-order chi connectivity index (χ1) is 7.85. The molecule has 0 fully saturated rings. The summed E-state index contributed by atoms with van der Waals surface area (Å²) in [5.41, 5.74) is 7.29. The number of nitrogens with zero attached hydrogens (tertiary/aromatic N) is 1. The van der Waals surface area contributed by atoms with Gasteiger partial charge in [0.2, 0.25) is 0 Å². The number of aromatic nitrogens is 2. The number of benzene rings is 1. The maximum atomic E-state index is 5.57. The first kappa shape index (κ1) is 10.9. The second kappa shape index (κ2) is 4.96. The maximum absolute atomic E-state index is 5.57. The zero-order valence-electron chi connectivity index (χ0n) is 9.19. The summed E-state index contributed by atoms with van der Waals surface area (Å²) in [7, 11) is 1.64. The van der Waals surface area contributed by atoms with Crippen LogP contribution < -0.4 is 10.5 Å². The minimum absolute atomic E-state index is 0.395. The van der Waals surface area contributed by atoms with Gasteiger partial charge in [-0.1, -0.05) is 6.07 Å². The SMILES string of the molecule is COCCOc1cccc2[nH]c(CN)nc12. The van der Waals surface area contributed by atoms with E-state index in [4.69, 9.17) is 15.2 Å². The Kier molecular flexibility index (Phi) is 3.38. The fraction of sp³-hybridized carbons (Fsp3) is 0.364. The highest BCUT2D eigenvalue weighted by Crippen LogP contribution is 2.23. The van der Waals surface area contributed by atoms with Crippen molar-refractivity contribution >= 4 is 11.0 Å². The summed E-state index contributed by atoms with van der Waals surface area (Å²) < 4.78 is 10.5. The van der Waals surface area contributed by atoms with E-state index in [-0.39, 0.29) is 0 Å². The van der Waals surface area contributed by atoms with Crippen LogP contribution >= 0.6 is 0 Å². The topological polar surface area (TPSA) is 73.2 Å². The molecule has 16 heavy (non-hydrogen) atoms. The Morgan fingerprint density at radius 3 is 3.00 bits per heavy atom. The highest BCUT2D eigenvalue weighted by molar-refractivity contribution is 5.81. The van der Waals surface area contributed by atoms with Crippen molar-refractivity contribution in [2.75, 3.05) is 20.3 Å². The summed E-state index contributed by atoms with van der Waals surface area (Å²) in [5, 5.41) is 0. The largest absolute Gasteiger partial charge is 0.489 e. The molecule has 0 aliphatic rings. The van der Waals surface area contributed by atoms with Crippen molar-refractivity contribution in [1.82, 2.24) is 9.97 Å². The van der Waals surface area contributed by atoms with Gasteiger partial charge >= 0.3 is 0 Å². The van der Waals surface area contributed by atoms with Gasteiger partial charge in [-0.25, -0.2) is 4.98 Å². The minimum atomic E-state index is 0.395. The second-order valence-electron chi connectivity index (χ2n) is 3.38. The molecule has 0 amide bonds. The number of aromatic amines is 1. The lowest BCUT2D eigenvalue weighted by Crippen LogP contribution is -2.04. The molecule has 0 aliphatic carbocycles. The molecule has 0 bridgehead atoms. The van der Waals surface area contributed by atoms with Crippen LogP contribution in [0, 0.1) is 0 Å². The summed E-state index contributed by atoms with van der Waals surface area (Å²) in [5.74, 6) is 1.52. The van der Waals surface area contributed by atoms with Crippen LogP contribution in [0.5, 0.6) is 5.75 Å². The van der Waals surface area contributed by atoms with E-state index in [1.165, 1.54) is 0 Å². The van der Waals surface area contributed by atoms with Crippen molar-refractivity contribution in [3.8, 4) is 5.75 Å². The smallest absolute Gasteiger partial charge is 0.147 e. The molecule has 2 aromatic rings. The Bertz CT molecular complexity index is 467. The highest BCUT2D eigenvalue weighted by Gasteiger charge is 2.06. The lowest BCUT2D eigenvalue weighted by molar-refractivity contribution is 0.147. The molecule has 0 atom stereocenters. The molecular weight excluding hydrogens is 206 g/mol. The summed E-state index contributed by atoms with van der Waals surface area (Å²) in [6.07, 6.45) is 0. The number of hydrogen-bond donors (Lipinski definition) is 2. The average Bonchev–Trinajstić information content (AvgIpc) is 2.73.